The van der Waals surface area contributed by atoms with Crippen LogP contribution in [-0.2, 0) is 0 Å². The van der Waals surface area contributed by atoms with Gasteiger partial charge in [-0.05, 0) is 18.0 Å². The first-order valence-corrected chi connectivity index (χ1v) is 3.20. The molecule has 0 amide bonds. The summed E-state index contributed by atoms with van der Waals surface area (Å²) in [6.07, 6.45) is 2.38. The van der Waals surface area contributed by atoms with E-state index in [2.05, 4.69) is 20.0 Å². The summed E-state index contributed by atoms with van der Waals surface area (Å²) in [5, 5.41) is 6.61. The summed E-state index contributed by atoms with van der Waals surface area (Å²) >= 11 is 0. The van der Waals surface area contributed by atoms with E-state index >= 15 is 0 Å². The highest BCUT2D eigenvalue weighted by molar-refractivity contribution is 5.30. The first-order valence-electron chi connectivity index (χ1n) is 3.20. The van der Waals surface area contributed by atoms with Crippen LogP contribution in [0.25, 0.3) is 0 Å². The number of nitrogens with two attached hydrogens (primary N) is 1. The number of rotatable bonds is 2. The molecule has 1 aromatic heterocycles. The van der Waals surface area contributed by atoms with E-state index in [-0.39, 0.29) is 6.01 Å². The molecule has 5 nitrogen and oxygen atoms in total. The molecular weight excluding hydrogens is 132 g/mol. The minimum Gasteiger partial charge on any atom is -0.351 e. The Hall–Kier alpha value is -1.26. The van der Waals surface area contributed by atoms with Gasteiger partial charge in [-0.2, -0.15) is 4.98 Å². The Morgan fingerprint density at radius 2 is 2.40 bits per heavy atom. The van der Waals surface area contributed by atoms with Gasteiger partial charge >= 0.3 is 6.01 Å². The summed E-state index contributed by atoms with van der Waals surface area (Å²) in [6.45, 7) is 0. The maximum atomic E-state index is 5.19. The first-order chi connectivity index (χ1) is 4.84. The second-order valence-electron chi connectivity index (χ2n) is 2.37. The smallest absolute Gasteiger partial charge is 0.320 e. The van der Waals surface area contributed by atoms with Gasteiger partial charge in [0.2, 0.25) is 0 Å². The van der Waals surface area contributed by atoms with Gasteiger partial charge in [-0.3, -0.25) is 0 Å². The van der Waals surface area contributed by atoms with Crippen molar-refractivity contribution in [3.8, 4) is 0 Å². The maximum Gasteiger partial charge on any atom is 0.320 e. The fraction of sp³-hybridized carbons (Fsp3) is 0.600. The summed E-state index contributed by atoms with van der Waals surface area (Å²) < 4.78 is 4.55. The van der Waals surface area contributed by atoms with Crippen molar-refractivity contribution in [3.05, 3.63) is 0 Å². The Bertz CT molecular complexity index is 229. The van der Waals surface area contributed by atoms with Crippen LogP contribution in [0.1, 0.15) is 12.8 Å². The normalized spacial score (nSPS) is 17.2. The van der Waals surface area contributed by atoms with Crippen LogP contribution >= 0.6 is 0 Å². The van der Waals surface area contributed by atoms with Crippen LogP contribution in [0.2, 0.25) is 0 Å². The Labute approximate surface area is 57.6 Å². The largest absolute Gasteiger partial charge is 0.351 e. The predicted octanol–water partition coefficient (Wildman–Crippen LogP) is 0.226. The van der Waals surface area contributed by atoms with E-state index in [0.29, 0.717) is 12.0 Å². The van der Waals surface area contributed by atoms with Gasteiger partial charge in [0.1, 0.15) is 0 Å². The highest BCUT2D eigenvalue weighted by Gasteiger charge is 2.22. The summed E-state index contributed by atoms with van der Waals surface area (Å²) in [7, 11) is 0. The molecule has 0 aliphatic heterocycles. The van der Waals surface area contributed by atoms with Crippen molar-refractivity contribution >= 4 is 12.0 Å². The molecule has 3 N–H and O–H groups in total. The molecular formula is C5H8N4O. The van der Waals surface area contributed by atoms with Crippen LogP contribution in [0.3, 0.4) is 0 Å². The molecule has 5 heteroatoms. The van der Waals surface area contributed by atoms with Crippen LogP contribution in [0.15, 0.2) is 4.52 Å². The fourth-order valence-corrected chi connectivity index (χ4v) is 0.704. The zero-order valence-electron chi connectivity index (χ0n) is 5.37. The van der Waals surface area contributed by atoms with Gasteiger partial charge in [-0.1, -0.05) is 0 Å². The molecule has 0 saturated heterocycles. The Morgan fingerprint density at radius 1 is 1.60 bits per heavy atom. The van der Waals surface area contributed by atoms with E-state index in [1.54, 1.807) is 0 Å². The lowest BCUT2D eigenvalue weighted by atomic mass is 10.7. The number of aromatic nitrogens is 2. The highest BCUT2D eigenvalue weighted by atomic mass is 16.5. The molecule has 0 radical (unpaired) electrons. The predicted molar refractivity (Wildman–Crippen MR) is 35.4 cm³/mol. The van der Waals surface area contributed by atoms with Crippen LogP contribution in [0.4, 0.5) is 12.0 Å². The van der Waals surface area contributed by atoms with Crippen LogP contribution in [0, 0.1) is 0 Å². The quantitative estimate of drug-likeness (QED) is 0.614. The summed E-state index contributed by atoms with van der Waals surface area (Å²) in [5.74, 6) is 0.500. The summed E-state index contributed by atoms with van der Waals surface area (Å²) in [6, 6.07) is 0.653. The lowest BCUT2D eigenvalue weighted by Gasteiger charge is -1.91. The van der Waals surface area contributed by atoms with E-state index in [9.17, 15) is 0 Å². The molecule has 1 aliphatic rings. The van der Waals surface area contributed by atoms with Gasteiger partial charge in [-0.15, -0.1) is 0 Å². The van der Waals surface area contributed by atoms with Crippen molar-refractivity contribution in [2.24, 2.45) is 0 Å². The van der Waals surface area contributed by atoms with E-state index in [4.69, 9.17) is 5.73 Å². The monoisotopic (exact) mass is 140 g/mol. The van der Waals surface area contributed by atoms with Crippen LogP contribution in [-0.4, -0.2) is 16.2 Å². The lowest BCUT2D eigenvalue weighted by molar-refractivity contribution is 0.437. The topological polar surface area (TPSA) is 77.0 Å². The number of hydrogen-bond donors (Lipinski definition) is 2. The molecule has 0 atom stereocenters. The third kappa shape index (κ3) is 1.02. The number of nitrogens with one attached hydrogen (secondary N) is 1. The molecule has 1 aromatic rings. The SMILES string of the molecule is Nc1nc(NC2CC2)no1. The van der Waals surface area contributed by atoms with Crippen molar-refractivity contribution < 1.29 is 4.52 Å². The summed E-state index contributed by atoms with van der Waals surface area (Å²) in [5.41, 5.74) is 5.19. The van der Waals surface area contributed by atoms with Crippen molar-refractivity contribution in [2.45, 2.75) is 18.9 Å². The number of nitrogen functional groups attached to an aromatic ring is 1. The third-order valence-corrected chi connectivity index (χ3v) is 1.35. The third-order valence-electron chi connectivity index (χ3n) is 1.35. The van der Waals surface area contributed by atoms with Gasteiger partial charge in [0, 0.05) is 6.04 Å². The van der Waals surface area contributed by atoms with Crippen molar-refractivity contribution in [1.82, 2.24) is 10.1 Å². The molecule has 1 aliphatic carbocycles. The van der Waals surface area contributed by atoms with Gasteiger partial charge in [0.15, 0.2) is 0 Å². The zero-order valence-corrected chi connectivity index (χ0v) is 5.37. The van der Waals surface area contributed by atoms with E-state index in [1.165, 1.54) is 12.8 Å². The maximum absolute atomic E-state index is 5.19. The van der Waals surface area contributed by atoms with Gasteiger partial charge in [-0.25, -0.2) is 0 Å². The Balaban J connectivity index is 2.03. The molecule has 1 heterocycles. The lowest BCUT2D eigenvalue weighted by Crippen LogP contribution is -2.02. The Kier molecular flexibility index (Phi) is 1.03. The molecule has 10 heavy (non-hydrogen) atoms. The van der Waals surface area contributed by atoms with Gasteiger partial charge < -0.3 is 15.6 Å². The van der Waals surface area contributed by atoms with E-state index in [1.807, 2.05) is 0 Å². The fourth-order valence-electron chi connectivity index (χ4n) is 0.704. The van der Waals surface area contributed by atoms with Crippen LogP contribution in [0.5, 0.6) is 0 Å². The molecule has 1 fully saturated rings. The number of hydrogen-bond acceptors (Lipinski definition) is 5. The molecule has 0 aromatic carbocycles. The molecule has 0 bridgehead atoms. The van der Waals surface area contributed by atoms with E-state index in [0.717, 1.165) is 0 Å². The highest BCUT2D eigenvalue weighted by Crippen LogP contribution is 2.22. The molecule has 1 saturated carbocycles. The average molecular weight is 140 g/mol. The average Bonchev–Trinajstić information content (AvgIpc) is 2.59. The van der Waals surface area contributed by atoms with Crippen molar-refractivity contribution in [2.75, 3.05) is 11.1 Å². The van der Waals surface area contributed by atoms with Crippen LogP contribution < -0.4 is 11.1 Å². The second kappa shape index (κ2) is 1.86. The molecule has 0 spiro atoms. The standard InChI is InChI=1S/C5H8N4O/c6-4-8-5(9-10-4)7-3-1-2-3/h3H,1-2H2,(H3,6,7,8,9). The number of nitrogens with zero attached hydrogens (tertiary/aromatic N) is 2. The number of anilines is 2. The minimum absolute atomic E-state index is 0.114. The van der Waals surface area contributed by atoms with E-state index < -0.39 is 0 Å². The molecule has 54 valence electrons. The van der Waals surface area contributed by atoms with Crippen molar-refractivity contribution in [3.63, 3.8) is 0 Å². The second-order valence-corrected chi connectivity index (χ2v) is 2.37. The zero-order chi connectivity index (χ0) is 6.97. The van der Waals surface area contributed by atoms with Gasteiger partial charge in [0.25, 0.3) is 5.95 Å². The molecule has 0 unspecified atom stereocenters. The van der Waals surface area contributed by atoms with Gasteiger partial charge in [0.05, 0.1) is 0 Å². The summed E-state index contributed by atoms with van der Waals surface area (Å²) in [4.78, 5) is 3.78. The minimum atomic E-state index is 0.114. The first kappa shape index (κ1) is 5.52. The Morgan fingerprint density at radius 3 is 2.90 bits per heavy atom. The molecule has 2 rings (SSSR count). The van der Waals surface area contributed by atoms with Crippen molar-refractivity contribution in [1.29, 1.82) is 0 Å².